The van der Waals surface area contributed by atoms with Crippen molar-refractivity contribution >= 4 is 45.2 Å². The van der Waals surface area contributed by atoms with Crippen molar-refractivity contribution in [1.29, 1.82) is 0 Å². The molecule has 0 fully saturated rings. The van der Waals surface area contributed by atoms with Crippen molar-refractivity contribution in [3.63, 3.8) is 0 Å². The number of carbonyl (C=O) groups excluding carboxylic acids is 2. The summed E-state index contributed by atoms with van der Waals surface area (Å²) >= 11 is 8.86. The molecule has 0 spiro atoms. The van der Waals surface area contributed by atoms with Crippen LogP contribution in [0.25, 0.3) is 5.70 Å². The van der Waals surface area contributed by atoms with Crippen LogP contribution in [0.1, 0.15) is 37.8 Å². The molecule has 0 N–H and O–H groups in total. The Hall–Kier alpha value is -2.27. The topological polar surface area (TPSA) is 55.8 Å². The molecule has 5 nitrogen and oxygen atoms in total. The number of hydrogen-bond donors (Lipinski definition) is 0. The van der Waals surface area contributed by atoms with Gasteiger partial charge in [0.25, 0.3) is 0 Å². The average molecular weight is 521 g/mol. The van der Waals surface area contributed by atoms with E-state index in [-0.39, 0.29) is 19.2 Å². The van der Waals surface area contributed by atoms with Gasteiger partial charge < -0.3 is 0 Å². The van der Waals surface area contributed by atoms with Gasteiger partial charge in [-0.25, -0.2) is 0 Å². The summed E-state index contributed by atoms with van der Waals surface area (Å²) in [6.45, 7) is 6.27. The Labute approximate surface area is 202 Å². The van der Waals surface area contributed by atoms with E-state index in [2.05, 4.69) is 16.0 Å². The van der Waals surface area contributed by atoms with Gasteiger partial charge in [0.2, 0.25) is 0 Å². The monoisotopic (exact) mass is 521 g/mol. The van der Waals surface area contributed by atoms with Gasteiger partial charge in [0, 0.05) is 0 Å². The van der Waals surface area contributed by atoms with E-state index >= 15 is 0 Å². The van der Waals surface area contributed by atoms with Crippen LogP contribution in [-0.2, 0) is 19.1 Å². The molecule has 0 amide bonds. The zero-order valence-corrected chi connectivity index (χ0v) is 21.1. The normalized spacial score (nSPS) is 20.8. The van der Waals surface area contributed by atoms with Crippen molar-refractivity contribution in [3.05, 3.63) is 76.3 Å². The van der Waals surface area contributed by atoms with E-state index < -0.39 is 17.3 Å². The van der Waals surface area contributed by atoms with Crippen LogP contribution in [0.4, 0.5) is 0 Å². The molecule has 32 heavy (non-hydrogen) atoms. The van der Waals surface area contributed by atoms with Gasteiger partial charge >= 0.3 is 203 Å². The van der Waals surface area contributed by atoms with Crippen molar-refractivity contribution in [2.75, 3.05) is 25.2 Å². The van der Waals surface area contributed by atoms with Gasteiger partial charge in [-0.05, 0) is 0 Å². The van der Waals surface area contributed by atoms with Crippen LogP contribution in [-0.4, -0.2) is 58.1 Å². The fraction of sp³-hybridized carbons (Fsp3) is 0.360. The second-order valence-electron chi connectivity index (χ2n) is 7.81. The Morgan fingerprint density at radius 2 is 1.78 bits per heavy atom. The third-order valence-corrected chi connectivity index (χ3v) is 6.60. The fourth-order valence-corrected chi connectivity index (χ4v) is 5.07. The number of benzene rings is 2. The van der Waals surface area contributed by atoms with E-state index in [0.717, 1.165) is 16.8 Å². The average Bonchev–Trinajstić information content (AvgIpc) is 2.79. The minimum absolute atomic E-state index is 0.227. The molecule has 1 heterocycles. The zero-order valence-electron chi connectivity index (χ0n) is 18.5. The molecule has 1 aliphatic heterocycles. The van der Waals surface area contributed by atoms with Gasteiger partial charge in [0.15, 0.2) is 0 Å². The number of halogens is 1. The second-order valence-corrected chi connectivity index (χ2v) is 8.84. The van der Waals surface area contributed by atoms with Gasteiger partial charge in [-0.2, -0.15) is 0 Å². The molecule has 2 aromatic rings. The molecule has 2 unspecified atom stereocenters. The summed E-state index contributed by atoms with van der Waals surface area (Å²) in [5.74, 6) is -1.40. The van der Waals surface area contributed by atoms with Crippen LogP contribution in [0.15, 0.2) is 60.2 Å². The first-order valence-corrected chi connectivity index (χ1v) is 12.3. The van der Waals surface area contributed by atoms with Crippen molar-refractivity contribution in [2.24, 2.45) is 5.41 Å². The Balaban J connectivity index is 2.38. The van der Waals surface area contributed by atoms with Crippen molar-refractivity contribution in [3.8, 4) is 0 Å². The first-order valence-electron chi connectivity index (χ1n) is 10.6. The summed E-state index contributed by atoms with van der Waals surface area (Å²) in [5, 5.41) is 0.535. The quantitative estimate of drug-likeness (QED) is 0.406. The van der Waals surface area contributed by atoms with Gasteiger partial charge in [0.05, 0.1) is 0 Å². The maximum atomic E-state index is 13.5. The molecule has 0 radical (unpaired) electrons. The minimum atomic E-state index is -1.03. The van der Waals surface area contributed by atoms with E-state index in [0.29, 0.717) is 22.6 Å². The van der Waals surface area contributed by atoms with Crippen molar-refractivity contribution in [2.45, 2.75) is 26.7 Å². The van der Waals surface area contributed by atoms with Crippen LogP contribution >= 0.6 is 11.6 Å². The first-order chi connectivity index (χ1) is 15.4. The maximum absolute atomic E-state index is 13.5. The zero-order chi connectivity index (χ0) is 23.3. The molecule has 0 bridgehead atoms. The van der Waals surface area contributed by atoms with E-state index in [1.165, 1.54) is 0 Å². The third kappa shape index (κ3) is 4.73. The van der Waals surface area contributed by atoms with E-state index in [4.69, 9.17) is 21.1 Å². The summed E-state index contributed by atoms with van der Waals surface area (Å²) in [6, 6.07) is 17.0. The Morgan fingerprint density at radius 1 is 1.09 bits per heavy atom. The molecule has 0 aromatic heterocycles. The van der Waals surface area contributed by atoms with Crippen molar-refractivity contribution < 1.29 is 19.1 Å². The number of hydrogen-bond acceptors (Lipinski definition) is 5. The predicted octanol–water partition coefficient (Wildman–Crippen LogP) is 4.14. The Kier molecular flexibility index (Phi) is 8.05. The van der Waals surface area contributed by atoms with Crippen LogP contribution in [0.2, 0.25) is 5.02 Å². The molecule has 2 atom stereocenters. The van der Waals surface area contributed by atoms with Crippen molar-refractivity contribution in [1.82, 2.24) is 4.90 Å². The number of nitrogens with zero attached hydrogens (tertiary/aromatic N) is 1. The van der Waals surface area contributed by atoms with Crippen LogP contribution in [0, 0.1) is 5.41 Å². The SMILES string of the molecule is CCOC(=O)C1=C(c2ccccc2)N(C[SeH])CC(C)(C(=O)OCC)C1c1cccc(Cl)c1. The Bertz CT molecular complexity index is 1010. The molecule has 3 rings (SSSR count). The predicted molar refractivity (Wildman–Crippen MR) is 128 cm³/mol. The van der Waals surface area contributed by atoms with Crippen LogP contribution < -0.4 is 0 Å². The summed E-state index contributed by atoms with van der Waals surface area (Å²) in [6.07, 6.45) is 0. The molecule has 1 aliphatic rings. The molecule has 2 aromatic carbocycles. The first kappa shape index (κ1) is 24.4. The number of rotatable bonds is 7. The van der Waals surface area contributed by atoms with Gasteiger partial charge in [-0.15, -0.1) is 0 Å². The van der Waals surface area contributed by atoms with E-state index in [9.17, 15) is 9.59 Å². The molecule has 170 valence electrons. The number of carbonyl (C=O) groups is 2. The molecular formula is C25H28ClNO4Se. The van der Waals surface area contributed by atoms with Gasteiger partial charge in [-0.3, -0.25) is 0 Å². The third-order valence-electron chi connectivity index (χ3n) is 5.65. The molecule has 0 saturated carbocycles. The molecular weight excluding hydrogens is 493 g/mol. The summed E-state index contributed by atoms with van der Waals surface area (Å²) in [5.41, 5.74) is 2.39. The number of esters is 2. The van der Waals surface area contributed by atoms with E-state index in [1.54, 1.807) is 19.9 Å². The van der Waals surface area contributed by atoms with Crippen LogP contribution in [0.3, 0.4) is 0 Å². The summed E-state index contributed by atoms with van der Waals surface area (Å²) < 4.78 is 11.0. The molecule has 0 saturated heterocycles. The van der Waals surface area contributed by atoms with Gasteiger partial charge in [-0.1, -0.05) is 0 Å². The second kappa shape index (κ2) is 10.6. The Morgan fingerprint density at radius 3 is 2.38 bits per heavy atom. The molecule has 7 heteroatoms. The summed E-state index contributed by atoms with van der Waals surface area (Å²) in [4.78, 5) is 28.9. The number of ether oxygens (including phenoxy) is 2. The van der Waals surface area contributed by atoms with E-state index in [1.807, 2.05) is 60.4 Å². The summed E-state index contributed by atoms with van der Waals surface area (Å²) in [7, 11) is 0. The molecule has 0 aliphatic carbocycles. The van der Waals surface area contributed by atoms with Gasteiger partial charge in [0.1, 0.15) is 0 Å². The van der Waals surface area contributed by atoms with Crippen LogP contribution in [0.5, 0.6) is 0 Å². The standard InChI is InChI=1S/C25H28ClNO4Se/c1-4-30-23(28)20-21(18-12-9-13-19(26)14-18)25(3,24(29)31-5-2)15-27(16-32)22(20)17-10-7-6-8-11-17/h6-14,21,32H,4-5,15-16H2,1-3H3. The fourth-order valence-electron chi connectivity index (χ4n) is 4.37.